The molecule has 0 bridgehead atoms. The maximum atomic E-state index is 12.8. The van der Waals surface area contributed by atoms with Gasteiger partial charge in [0.05, 0.1) is 5.75 Å². The average Bonchev–Trinajstić information content (AvgIpc) is 3.07. The van der Waals surface area contributed by atoms with E-state index in [2.05, 4.69) is 10.6 Å². The standard InChI is InChI=1S/C18H15N3O3S/c1-11(22)19-12-6-8-13(9-7-12)21-16(23)10-25-18(21)14-4-2-3-5-15(14)20-17(18)24/h2-9H,10H2,1H3,(H,19,22)(H,20,24). The van der Waals surface area contributed by atoms with Crippen molar-refractivity contribution in [3.8, 4) is 0 Å². The Labute approximate surface area is 148 Å². The lowest BCUT2D eigenvalue weighted by Crippen LogP contribution is -2.47. The van der Waals surface area contributed by atoms with Gasteiger partial charge in [0.2, 0.25) is 16.7 Å². The van der Waals surface area contributed by atoms with E-state index in [1.54, 1.807) is 29.2 Å². The first-order valence-corrected chi connectivity index (χ1v) is 8.76. The number of benzene rings is 2. The fourth-order valence-corrected chi connectivity index (χ4v) is 4.59. The molecule has 1 atom stereocenters. The smallest absolute Gasteiger partial charge is 0.266 e. The Morgan fingerprint density at radius 2 is 1.88 bits per heavy atom. The summed E-state index contributed by atoms with van der Waals surface area (Å²) < 4.78 is 0. The molecule has 2 N–H and O–H groups in total. The predicted molar refractivity (Wildman–Crippen MR) is 97.4 cm³/mol. The van der Waals surface area contributed by atoms with Gasteiger partial charge >= 0.3 is 0 Å². The number of hydrogen-bond donors (Lipinski definition) is 2. The molecule has 3 amide bonds. The Hall–Kier alpha value is -2.80. The fraction of sp³-hybridized carbons (Fsp3) is 0.167. The molecule has 1 fully saturated rings. The lowest BCUT2D eigenvalue weighted by Gasteiger charge is -2.32. The van der Waals surface area contributed by atoms with E-state index in [-0.39, 0.29) is 23.5 Å². The normalized spacial score (nSPS) is 21.4. The predicted octanol–water partition coefficient (Wildman–Crippen LogP) is 2.53. The Kier molecular flexibility index (Phi) is 3.54. The molecular formula is C18H15N3O3S. The molecule has 2 heterocycles. The molecule has 2 aliphatic heterocycles. The highest BCUT2D eigenvalue weighted by Gasteiger charge is 2.58. The Morgan fingerprint density at radius 1 is 1.16 bits per heavy atom. The zero-order chi connectivity index (χ0) is 17.6. The minimum atomic E-state index is -1.08. The fourth-order valence-electron chi connectivity index (χ4n) is 3.28. The van der Waals surface area contributed by atoms with Gasteiger partial charge in [-0.1, -0.05) is 18.2 Å². The molecule has 25 heavy (non-hydrogen) atoms. The largest absolute Gasteiger partial charge is 0.326 e. The van der Waals surface area contributed by atoms with Crippen LogP contribution in [0.4, 0.5) is 17.1 Å². The number of anilines is 3. The number of carbonyl (C=O) groups excluding carboxylic acids is 3. The molecule has 0 saturated carbocycles. The van der Waals surface area contributed by atoms with Gasteiger partial charge in [0, 0.05) is 29.5 Å². The van der Waals surface area contributed by atoms with Crippen LogP contribution in [0.3, 0.4) is 0 Å². The first kappa shape index (κ1) is 15.7. The van der Waals surface area contributed by atoms with Crippen molar-refractivity contribution in [1.29, 1.82) is 0 Å². The van der Waals surface area contributed by atoms with E-state index < -0.39 is 4.87 Å². The molecular weight excluding hydrogens is 338 g/mol. The van der Waals surface area contributed by atoms with Crippen molar-refractivity contribution in [1.82, 2.24) is 0 Å². The maximum Gasteiger partial charge on any atom is 0.266 e. The number of fused-ring (bicyclic) bond motifs is 2. The summed E-state index contributed by atoms with van der Waals surface area (Å²) in [5.41, 5.74) is 2.79. The van der Waals surface area contributed by atoms with Gasteiger partial charge in [-0.3, -0.25) is 19.3 Å². The van der Waals surface area contributed by atoms with E-state index in [1.165, 1.54) is 18.7 Å². The topological polar surface area (TPSA) is 78.5 Å². The first-order valence-electron chi connectivity index (χ1n) is 7.78. The zero-order valence-corrected chi connectivity index (χ0v) is 14.2. The number of thioether (sulfide) groups is 1. The number of nitrogens with zero attached hydrogens (tertiary/aromatic N) is 1. The summed E-state index contributed by atoms with van der Waals surface area (Å²) in [6.45, 7) is 1.43. The van der Waals surface area contributed by atoms with Gasteiger partial charge in [0.15, 0.2) is 0 Å². The summed E-state index contributed by atoms with van der Waals surface area (Å²) in [7, 11) is 0. The average molecular weight is 353 g/mol. The molecule has 6 nitrogen and oxygen atoms in total. The minimum Gasteiger partial charge on any atom is -0.326 e. The zero-order valence-electron chi connectivity index (χ0n) is 13.4. The first-order chi connectivity index (χ1) is 12.0. The van der Waals surface area contributed by atoms with Crippen LogP contribution in [-0.2, 0) is 19.3 Å². The van der Waals surface area contributed by atoms with Crippen molar-refractivity contribution < 1.29 is 14.4 Å². The monoisotopic (exact) mass is 353 g/mol. The molecule has 2 aromatic rings. The molecule has 0 radical (unpaired) electrons. The number of carbonyl (C=O) groups is 3. The molecule has 4 rings (SSSR count). The van der Waals surface area contributed by atoms with E-state index >= 15 is 0 Å². The van der Waals surface area contributed by atoms with Gasteiger partial charge in [-0.2, -0.15) is 0 Å². The lowest BCUT2D eigenvalue weighted by atomic mass is 10.0. The minimum absolute atomic E-state index is 0.121. The highest BCUT2D eigenvalue weighted by Crippen LogP contribution is 2.53. The summed E-state index contributed by atoms with van der Waals surface area (Å²) in [5, 5.41) is 5.57. The summed E-state index contributed by atoms with van der Waals surface area (Å²) in [5.74, 6) is -0.268. The SMILES string of the molecule is CC(=O)Nc1ccc(N2C(=O)CSC23C(=O)Nc2ccccc23)cc1. The number of para-hydroxylation sites is 1. The second kappa shape index (κ2) is 5.63. The van der Waals surface area contributed by atoms with E-state index in [0.29, 0.717) is 11.4 Å². The van der Waals surface area contributed by atoms with Crippen LogP contribution in [0.5, 0.6) is 0 Å². The highest BCUT2D eigenvalue weighted by atomic mass is 32.2. The Bertz CT molecular complexity index is 897. The molecule has 0 aliphatic carbocycles. The van der Waals surface area contributed by atoms with Crippen LogP contribution in [0, 0.1) is 0 Å². The Balaban J connectivity index is 1.79. The molecule has 126 valence electrons. The van der Waals surface area contributed by atoms with E-state index in [4.69, 9.17) is 0 Å². The molecule has 2 aliphatic rings. The maximum absolute atomic E-state index is 12.8. The third kappa shape index (κ3) is 2.31. The van der Waals surface area contributed by atoms with Gasteiger partial charge < -0.3 is 10.6 Å². The summed E-state index contributed by atoms with van der Waals surface area (Å²) in [6, 6.07) is 14.4. The molecule has 7 heteroatoms. The van der Waals surface area contributed by atoms with Crippen molar-refractivity contribution in [3.05, 3.63) is 54.1 Å². The van der Waals surface area contributed by atoms with Crippen molar-refractivity contribution in [2.45, 2.75) is 11.8 Å². The molecule has 1 unspecified atom stereocenters. The number of nitrogens with one attached hydrogen (secondary N) is 2. The molecule has 0 aromatic heterocycles. The quantitative estimate of drug-likeness (QED) is 0.870. The summed E-state index contributed by atoms with van der Waals surface area (Å²) in [6.07, 6.45) is 0. The van der Waals surface area contributed by atoms with Gasteiger partial charge in [-0.05, 0) is 30.3 Å². The summed E-state index contributed by atoms with van der Waals surface area (Å²) >= 11 is 1.32. The van der Waals surface area contributed by atoms with Crippen LogP contribution in [0.25, 0.3) is 0 Å². The molecule has 1 saturated heterocycles. The van der Waals surface area contributed by atoms with Gasteiger partial charge in [-0.25, -0.2) is 0 Å². The van der Waals surface area contributed by atoms with Crippen LogP contribution < -0.4 is 15.5 Å². The molecule has 1 spiro atoms. The second-order valence-electron chi connectivity index (χ2n) is 5.89. The number of hydrogen-bond acceptors (Lipinski definition) is 4. The number of rotatable bonds is 2. The van der Waals surface area contributed by atoms with Crippen LogP contribution in [0.2, 0.25) is 0 Å². The van der Waals surface area contributed by atoms with E-state index in [0.717, 1.165) is 11.3 Å². The van der Waals surface area contributed by atoms with Crippen LogP contribution in [0.1, 0.15) is 12.5 Å². The van der Waals surface area contributed by atoms with E-state index in [1.807, 2.05) is 24.3 Å². The van der Waals surface area contributed by atoms with Crippen LogP contribution >= 0.6 is 11.8 Å². The third-order valence-corrected chi connectivity index (χ3v) is 5.66. The Morgan fingerprint density at radius 3 is 2.60 bits per heavy atom. The van der Waals surface area contributed by atoms with Crippen molar-refractivity contribution >= 4 is 46.5 Å². The molecule has 2 aromatic carbocycles. The van der Waals surface area contributed by atoms with Gasteiger partial charge in [0.1, 0.15) is 0 Å². The second-order valence-corrected chi connectivity index (χ2v) is 7.06. The van der Waals surface area contributed by atoms with E-state index in [9.17, 15) is 14.4 Å². The van der Waals surface area contributed by atoms with Crippen molar-refractivity contribution in [2.75, 3.05) is 21.3 Å². The summed E-state index contributed by atoms with van der Waals surface area (Å²) in [4.78, 5) is 37.1. The van der Waals surface area contributed by atoms with Crippen molar-refractivity contribution in [2.24, 2.45) is 0 Å². The van der Waals surface area contributed by atoms with Crippen LogP contribution in [-0.4, -0.2) is 23.5 Å². The van der Waals surface area contributed by atoms with Gasteiger partial charge in [0.25, 0.3) is 5.91 Å². The van der Waals surface area contributed by atoms with Gasteiger partial charge in [-0.15, -0.1) is 11.8 Å². The van der Waals surface area contributed by atoms with Crippen molar-refractivity contribution in [3.63, 3.8) is 0 Å². The third-order valence-electron chi connectivity index (χ3n) is 4.26. The highest BCUT2D eigenvalue weighted by molar-refractivity contribution is 8.02. The van der Waals surface area contributed by atoms with Crippen LogP contribution in [0.15, 0.2) is 48.5 Å². The number of amides is 3. The lowest BCUT2D eigenvalue weighted by molar-refractivity contribution is -0.122.